The van der Waals surface area contributed by atoms with Crippen LogP contribution in [0.5, 0.6) is 0 Å². The van der Waals surface area contributed by atoms with Crippen LogP contribution in [0.15, 0.2) is 9.64 Å². The molecule has 1 rings (SSSR count). The number of hydrogen-bond acceptors (Lipinski definition) is 6. The van der Waals surface area contributed by atoms with E-state index in [9.17, 15) is 4.79 Å². The quantitative estimate of drug-likeness (QED) is 0.759. The summed E-state index contributed by atoms with van der Waals surface area (Å²) in [6.07, 6.45) is 0. The molecule has 0 unspecified atom stereocenters. The predicted molar refractivity (Wildman–Crippen MR) is 60.8 cm³/mol. The van der Waals surface area contributed by atoms with Gasteiger partial charge in [0, 0.05) is 13.1 Å². The Hall–Kier alpha value is -1.08. The van der Waals surface area contributed by atoms with Crippen LogP contribution in [-0.4, -0.2) is 39.8 Å². The number of hydrogen-bond donors (Lipinski definition) is 1. The zero-order chi connectivity index (χ0) is 12.1. The average molecular weight is 244 g/mol. The van der Waals surface area contributed by atoms with E-state index in [1.54, 1.807) is 11.9 Å². The van der Waals surface area contributed by atoms with Crippen molar-refractivity contribution >= 4 is 17.7 Å². The van der Waals surface area contributed by atoms with E-state index in [4.69, 9.17) is 10.2 Å². The maximum Gasteiger partial charge on any atom is 0.277 e. The molecule has 0 radical (unpaired) electrons. The lowest BCUT2D eigenvalue weighted by atomic mass is 10.3. The van der Waals surface area contributed by atoms with Gasteiger partial charge >= 0.3 is 0 Å². The van der Waals surface area contributed by atoms with Crippen molar-refractivity contribution in [3.05, 3.63) is 5.89 Å². The Morgan fingerprint density at radius 3 is 2.75 bits per heavy atom. The first-order valence-electron chi connectivity index (χ1n) is 4.95. The zero-order valence-corrected chi connectivity index (χ0v) is 10.5. The molecule has 16 heavy (non-hydrogen) atoms. The molecular weight excluding hydrogens is 228 g/mol. The average Bonchev–Trinajstić information content (AvgIpc) is 2.72. The van der Waals surface area contributed by atoms with Gasteiger partial charge in [0.15, 0.2) is 0 Å². The van der Waals surface area contributed by atoms with Gasteiger partial charge in [-0.05, 0) is 13.8 Å². The van der Waals surface area contributed by atoms with E-state index in [1.807, 2.05) is 13.8 Å². The van der Waals surface area contributed by atoms with Gasteiger partial charge in [-0.15, -0.1) is 10.2 Å². The molecule has 6 nitrogen and oxygen atoms in total. The first kappa shape index (κ1) is 13.0. The molecule has 1 heterocycles. The van der Waals surface area contributed by atoms with Gasteiger partial charge in [0.25, 0.3) is 5.22 Å². The van der Waals surface area contributed by atoms with Crippen molar-refractivity contribution in [2.75, 3.05) is 12.8 Å². The largest absolute Gasteiger partial charge is 0.415 e. The third kappa shape index (κ3) is 3.49. The minimum absolute atomic E-state index is 0.0347. The highest BCUT2D eigenvalue weighted by atomic mass is 32.2. The predicted octanol–water partition coefficient (Wildman–Crippen LogP) is 0.487. The summed E-state index contributed by atoms with van der Waals surface area (Å²) in [6.45, 7) is 4.14. The Morgan fingerprint density at radius 2 is 2.25 bits per heavy atom. The van der Waals surface area contributed by atoms with Crippen molar-refractivity contribution in [1.82, 2.24) is 15.1 Å². The number of carbonyl (C=O) groups excluding carboxylic acids is 1. The maximum atomic E-state index is 11.6. The molecule has 0 bridgehead atoms. The zero-order valence-electron chi connectivity index (χ0n) is 9.64. The van der Waals surface area contributed by atoms with Crippen LogP contribution < -0.4 is 5.73 Å². The third-order valence-corrected chi connectivity index (χ3v) is 2.91. The summed E-state index contributed by atoms with van der Waals surface area (Å²) in [5.41, 5.74) is 5.33. The van der Waals surface area contributed by atoms with E-state index < -0.39 is 0 Å². The summed E-state index contributed by atoms with van der Waals surface area (Å²) in [4.78, 5) is 13.3. The molecule has 0 saturated carbocycles. The number of carbonyl (C=O) groups is 1. The van der Waals surface area contributed by atoms with Crippen molar-refractivity contribution in [2.24, 2.45) is 5.73 Å². The first-order chi connectivity index (χ1) is 7.54. The summed E-state index contributed by atoms with van der Waals surface area (Å²) in [5, 5.41) is 7.84. The molecule has 0 spiro atoms. The standard InChI is InChI=1S/C9H16N4O2S/c1-6(2)13(3)8(14)5-16-9-12-11-7(4-10)15-9/h6H,4-5,10H2,1-3H3. The molecular formula is C9H16N4O2S. The number of amides is 1. The van der Waals surface area contributed by atoms with Crippen LogP contribution in [0.25, 0.3) is 0 Å². The van der Waals surface area contributed by atoms with Crippen LogP contribution in [0.2, 0.25) is 0 Å². The number of rotatable bonds is 5. The molecule has 0 aromatic carbocycles. The van der Waals surface area contributed by atoms with Crippen LogP contribution >= 0.6 is 11.8 Å². The minimum atomic E-state index is 0.0347. The fourth-order valence-electron chi connectivity index (χ4n) is 0.892. The van der Waals surface area contributed by atoms with Crippen LogP contribution in [0.4, 0.5) is 0 Å². The summed E-state index contributed by atoms with van der Waals surface area (Å²) in [6, 6.07) is 0.190. The van der Waals surface area contributed by atoms with Crippen molar-refractivity contribution in [3.8, 4) is 0 Å². The highest BCUT2D eigenvalue weighted by Gasteiger charge is 2.14. The van der Waals surface area contributed by atoms with Gasteiger partial charge in [0.1, 0.15) is 0 Å². The van der Waals surface area contributed by atoms with E-state index in [2.05, 4.69) is 10.2 Å². The minimum Gasteiger partial charge on any atom is -0.415 e. The molecule has 90 valence electrons. The van der Waals surface area contributed by atoms with Crippen LogP contribution in [0.3, 0.4) is 0 Å². The van der Waals surface area contributed by atoms with Gasteiger partial charge < -0.3 is 15.1 Å². The molecule has 1 aromatic rings. The summed E-state index contributed by atoms with van der Waals surface area (Å²) < 4.78 is 5.17. The molecule has 0 aliphatic heterocycles. The summed E-state index contributed by atoms with van der Waals surface area (Å²) >= 11 is 1.22. The second-order valence-electron chi connectivity index (χ2n) is 3.55. The lowest BCUT2D eigenvalue weighted by Crippen LogP contribution is -2.34. The SMILES string of the molecule is CC(C)N(C)C(=O)CSc1nnc(CN)o1. The normalized spacial score (nSPS) is 10.8. The smallest absolute Gasteiger partial charge is 0.277 e. The second kappa shape index (κ2) is 5.86. The molecule has 2 N–H and O–H groups in total. The highest BCUT2D eigenvalue weighted by molar-refractivity contribution is 7.99. The topological polar surface area (TPSA) is 85.2 Å². The van der Waals surface area contributed by atoms with Gasteiger partial charge in [-0.3, -0.25) is 4.79 Å². The number of nitrogens with zero attached hydrogens (tertiary/aromatic N) is 3. The second-order valence-corrected chi connectivity index (χ2v) is 4.48. The van der Waals surface area contributed by atoms with Crippen molar-refractivity contribution in [2.45, 2.75) is 31.7 Å². The molecule has 0 fully saturated rings. The van der Waals surface area contributed by atoms with Gasteiger partial charge in [-0.1, -0.05) is 11.8 Å². The number of thioether (sulfide) groups is 1. The summed E-state index contributed by atoms with van der Waals surface area (Å²) in [5.74, 6) is 0.709. The summed E-state index contributed by atoms with van der Waals surface area (Å²) in [7, 11) is 1.77. The van der Waals surface area contributed by atoms with Gasteiger partial charge in [-0.2, -0.15) is 0 Å². The van der Waals surface area contributed by atoms with E-state index >= 15 is 0 Å². The van der Waals surface area contributed by atoms with Gasteiger partial charge in [-0.25, -0.2) is 0 Å². The van der Waals surface area contributed by atoms with Crippen LogP contribution in [0, 0.1) is 0 Å². The number of nitrogens with two attached hydrogens (primary N) is 1. The fraction of sp³-hybridized carbons (Fsp3) is 0.667. The molecule has 0 atom stereocenters. The first-order valence-corrected chi connectivity index (χ1v) is 5.94. The third-order valence-electron chi connectivity index (χ3n) is 2.11. The lowest BCUT2D eigenvalue weighted by Gasteiger charge is -2.20. The molecule has 7 heteroatoms. The van der Waals surface area contributed by atoms with Gasteiger partial charge in [0.05, 0.1) is 12.3 Å². The molecule has 0 aliphatic carbocycles. The Bertz CT molecular complexity index is 353. The number of aromatic nitrogens is 2. The van der Waals surface area contributed by atoms with Crippen LogP contribution in [-0.2, 0) is 11.3 Å². The Morgan fingerprint density at radius 1 is 1.56 bits per heavy atom. The molecule has 0 aliphatic rings. The Balaban J connectivity index is 2.42. The fourth-order valence-corrected chi connectivity index (χ4v) is 1.60. The van der Waals surface area contributed by atoms with E-state index in [1.165, 1.54) is 11.8 Å². The van der Waals surface area contributed by atoms with E-state index in [0.29, 0.717) is 16.9 Å². The van der Waals surface area contributed by atoms with Crippen molar-refractivity contribution < 1.29 is 9.21 Å². The van der Waals surface area contributed by atoms with E-state index in [-0.39, 0.29) is 18.5 Å². The van der Waals surface area contributed by atoms with Crippen molar-refractivity contribution in [1.29, 1.82) is 0 Å². The van der Waals surface area contributed by atoms with Crippen LogP contribution in [0.1, 0.15) is 19.7 Å². The maximum absolute atomic E-state index is 11.6. The highest BCUT2D eigenvalue weighted by Crippen LogP contribution is 2.16. The van der Waals surface area contributed by atoms with Crippen molar-refractivity contribution in [3.63, 3.8) is 0 Å². The Labute approximate surface area is 98.6 Å². The lowest BCUT2D eigenvalue weighted by molar-refractivity contribution is -0.128. The molecule has 0 saturated heterocycles. The van der Waals surface area contributed by atoms with Gasteiger partial charge in [0.2, 0.25) is 11.8 Å². The molecule has 1 amide bonds. The molecule has 1 aromatic heterocycles. The van der Waals surface area contributed by atoms with E-state index in [0.717, 1.165) is 0 Å². The monoisotopic (exact) mass is 244 g/mol. The Kier molecular flexibility index (Phi) is 4.75.